The van der Waals surface area contributed by atoms with Gasteiger partial charge in [0, 0.05) is 6.54 Å². The molecule has 1 aliphatic heterocycles. The molecule has 0 aromatic heterocycles. The van der Waals surface area contributed by atoms with Crippen molar-refractivity contribution in [2.75, 3.05) is 24.7 Å². The molecule has 7 heteroatoms. The predicted molar refractivity (Wildman–Crippen MR) is 61.0 cm³/mol. The van der Waals surface area contributed by atoms with Crippen molar-refractivity contribution in [2.24, 2.45) is 5.92 Å². The van der Waals surface area contributed by atoms with Gasteiger partial charge in [-0.1, -0.05) is 0 Å². The zero-order valence-corrected chi connectivity index (χ0v) is 10.6. The highest BCUT2D eigenvalue weighted by Gasteiger charge is 2.32. The van der Waals surface area contributed by atoms with Crippen molar-refractivity contribution in [2.45, 2.75) is 19.8 Å². The Hall–Kier alpha value is -1.11. The number of esters is 1. The molecule has 0 aromatic rings. The van der Waals surface area contributed by atoms with Crippen molar-refractivity contribution in [3.8, 4) is 0 Å². The Bertz CT molecular complexity index is 390. The molecule has 0 aromatic carbocycles. The van der Waals surface area contributed by atoms with Crippen LogP contribution >= 0.6 is 0 Å². The maximum absolute atomic E-state index is 11.5. The van der Waals surface area contributed by atoms with Crippen LogP contribution in [0.1, 0.15) is 19.8 Å². The molecule has 0 spiro atoms. The number of carbonyl (C=O) groups excluding carboxylic acids is 2. The molecule has 1 saturated heterocycles. The van der Waals surface area contributed by atoms with Gasteiger partial charge < -0.3 is 10.1 Å². The Morgan fingerprint density at radius 3 is 2.65 bits per heavy atom. The van der Waals surface area contributed by atoms with Crippen LogP contribution in [0.3, 0.4) is 0 Å². The molecule has 0 bridgehead atoms. The van der Waals surface area contributed by atoms with E-state index in [0.717, 1.165) is 0 Å². The fourth-order valence-corrected chi connectivity index (χ4v) is 3.41. The van der Waals surface area contributed by atoms with Gasteiger partial charge in [0.1, 0.15) is 0 Å². The third-order valence-electron chi connectivity index (χ3n) is 2.54. The molecule has 1 amide bonds. The fourth-order valence-electron chi connectivity index (χ4n) is 1.67. The Morgan fingerprint density at radius 1 is 1.41 bits per heavy atom. The molecule has 1 N–H and O–H groups in total. The smallest absolute Gasteiger partial charge is 0.307 e. The molecule has 1 unspecified atom stereocenters. The molecule has 1 heterocycles. The molecule has 1 rings (SSSR count). The average molecular weight is 263 g/mol. The molecule has 0 radical (unpaired) electrons. The minimum absolute atomic E-state index is 0.0724. The van der Waals surface area contributed by atoms with Gasteiger partial charge in [0.25, 0.3) is 0 Å². The zero-order chi connectivity index (χ0) is 12.9. The molecule has 1 aliphatic rings. The fraction of sp³-hybridized carbons (Fsp3) is 0.800. The number of ether oxygens (including phenoxy) is 1. The third-order valence-corrected chi connectivity index (χ3v) is 4.30. The topological polar surface area (TPSA) is 89.5 Å². The number of hydrogen-bond donors (Lipinski definition) is 1. The first-order valence-electron chi connectivity index (χ1n) is 5.58. The predicted octanol–water partition coefficient (Wildman–Crippen LogP) is -0.509. The summed E-state index contributed by atoms with van der Waals surface area (Å²) in [5.41, 5.74) is 0. The Kier molecular flexibility index (Phi) is 4.92. The van der Waals surface area contributed by atoms with Crippen molar-refractivity contribution < 1.29 is 22.7 Å². The van der Waals surface area contributed by atoms with Crippen LogP contribution in [-0.2, 0) is 24.2 Å². The van der Waals surface area contributed by atoms with Crippen molar-refractivity contribution in [3.05, 3.63) is 0 Å². The first kappa shape index (κ1) is 14.0. The highest BCUT2D eigenvalue weighted by atomic mass is 32.2. The number of nitrogens with one attached hydrogen (secondary N) is 1. The highest BCUT2D eigenvalue weighted by Crippen LogP contribution is 2.18. The molecule has 98 valence electrons. The third kappa shape index (κ3) is 4.72. The molecule has 1 fully saturated rings. The SMILES string of the molecule is CCOC(=O)CCNC(=O)C1CCS(=O)(=O)C1. The zero-order valence-electron chi connectivity index (χ0n) is 9.77. The number of amides is 1. The first-order chi connectivity index (χ1) is 7.94. The molecular weight excluding hydrogens is 246 g/mol. The van der Waals surface area contributed by atoms with E-state index in [1.54, 1.807) is 6.92 Å². The molecule has 17 heavy (non-hydrogen) atoms. The van der Waals surface area contributed by atoms with Gasteiger partial charge in [0.05, 0.1) is 30.5 Å². The maximum atomic E-state index is 11.5. The summed E-state index contributed by atoms with van der Waals surface area (Å²) < 4.78 is 27.0. The van der Waals surface area contributed by atoms with Crippen LogP contribution in [0.4, 0.5) is 0 Å². The summed E-state index contributed by atoms with van der Waals surface area (Å²) in [6.07, 6.45) is 0.479. The lowest BCUT2D eigenvalue weighted by atomic mass is 10.1. The van der Waals surface area contributed by atoms with Crippen molar-refractivity contribution >= 4 is 21.7 Å². The van der Waals surface area contributed by atoms with E-state index in [-0.39, 0.29) is 36.3 Å². The van der Waals surface area contributed by atoms with E-state index >= 15 is 0 Å². The van der Waals surface area contributed by atoms with Crippen LogP contribution in [0, 0.1) is 5.92 Å². The van der Waals surface area contributed by atoms with Crippen LogP contribution in [0.5, 0.6) is 0 Å². The van der Waals surface area contributed by atoms with Gasteiger partial charge in [-0.25, -0.2) is 8.42 Å². The minimum Gasteiger partial charge on any atom is -0.466 e. The summed E-state index contributed by atoms with van der Waals surface area (Å²) in [7, 11) is -3.04. The summed E-state index contributed by atoms with van der Waals surface area (Å²) in [5, 5.41) is 2.55. The normalized spacial score (nSPS) is 22.1. The molecular formula is C10H17NO5S. The van der Waals surface area contributed by atoms with Gasteiger partial charge in [-0.2, -0.15) is 0 Å². The number of sulfone groups is 1. The van der Waals surface area contributed by atoms with Gasteiger partial charge >= 0.3 is 5.97 Å². The van der Waals surface area contributed by atoms with E-state index in [0.29, 0.717) is 13.0 Å². The van der Waals surface area contributed by atoms with E-state index in [9.17, 15) is 18.0 Å². The number of hydrogen-bond acceptors (Lipinski definition) is 5. The van der Waals surface area contributed by atoms with Crippen molar-refractivity contribution in [1.29, 1.82) is 0 Å². The van der Waals surface area contributed by atoms with Gasteiger partial charge in [0.15, 0.2) is 9.84 Å². The van der Waals surface area contributed by atoms with Gasteiger partial charge in [-0.15, -0.1) is 0 Å². The standard InChI is InChI=1S/C10H17NO5S/c1-2-16-9(12)3-5-11-10(13)8-4-6-17(14,15)7-8/h8H,2-7H2,1H3,(H,11,13). The lowest BCUT2D eigenvalue weighted by molar-refractivity contribution is -0.143. The summed E-state index contributed by atoms with van der Waals surface area (Å²) >= 11 is 0. The van der Waals surface area contributed by atoms with Gasteiger partial charge in [-0.3, -0.25) is 9.59 Å². The second kappa shape index (κ2) is 6.00. The maximum Gasteiger partial charge on any atom is 0.307 e. The summed E-state index contributed by atoms with van der Waals surface area (Å²) in [5.74, 6) is -1.15. The lowest BCUT2D eigenvalue weighted by Gasteiger charge is -2.08. The highest BCUT2D eigenvalue weighted by molar-refractivity contribution is 7.91. The van der Waals surface area contributed by atoms with Crippen LogP contribution < -0.4 is 5.32 Å². The van der Waals surface area contributed by atoms with Crippen LogP contribution in [0.15, 0.2) is 0 Å². The van der Waals surface area contributed by atoms with E-state index < -0.39 is 15.8 Å². The second-order valence-corrected chi connectivity index (χ2v) is 6.17. The van der Waals surface area contributed by atoms with Gasteiger partial charge in [-0.05, 0) is 13.3 Å². The van der Waals surface area contributed by atoms with Crippen molar-refractivity contribution in [1.82, 2.24) is 5.32 Å². The van der Waals surface area contributed by atoms with E-state index in [2.05, 4.69) is 5.32 Å². The Morgan fingerprint density at radius 2 is 2.12 bits per heavy atom. The van der Waals surface area contributed by atoms with E-state index in [1.165, 1.54) is 0 Å². The van der Waals surface area contributed by atoms with Crippen LogP contribution in [-0.4, -0.2) is 45.0 Å². The lowest BCUT2D eigenvalue weighted by Crippen LogP contribution is -2.33. The molecule has 0 saturated carbocycles. The Labute approximate surface area is 101 Å². The average Bonchev–Trinajstić information content (AvgIpc) is 2.59. The molecule has 0 aliphatic carbocycles. The quantitative estimate of drug-likeness (QED) is 0.675. The Balaban J connectivity index is 2.25. The van der Waals surface area contributed by atoms with E-state index in [1.807, 2.05) is 0 Å². The van der Waals surface area contributed by atoms with Crippen molar-refractivity contribution in [3.63, 3.8) is 0 Å². The summed E-state index contributed by atoms with van der Waals surface area (Å²) in [4.78, 5) is 22.5. The summed E-state index contributed by atoms with van der Waals surface area (Å²) in [6.45, 7) is 2.21. The first-order valence-corrected chi connectivity index (χ1v) is 7.40. The van der Waals surface area contributed by atoms with Crippen LogP contribution in [0.25, 0.3) is 0 Å². The second-order valence-electron chi connectivity index (χ2n) is 3.95. The largest absolute Gasteiger partial charge is 0.466 e. The minimum atomic E-state index is -3.04. The van der Waals surface area contributed by atoms with Gasteiger partial charge in [0.2, 0.25) is 5.91 Å². The van der Waals surface area contributed by atoms with E-state index in [4.69, 9.17) is 4.74 Å². The monoisotopic (exact) mass is 263 g/mol. The molecule has 6 nitrogen and oxygen atoms in total. The number of carbonyl (C=O) groups is 2. The summed E-state index contributed by atoms with van der Waals surface area (Å²) in [6, 6.07) is 0. The number of rotatable bonds is 5. The van der Waals surface area contributed by atoms with Crippen LogP contribution in [0.2, 0.25) is 0 Å². The molecule has 1 atom stereocenters.